The van der Waals surface area contributed by atoms with E-state index in [2.05, 4.69) is 22.6 Å². The number of nitrogens with one attached hydrogen (secondary N) is 1. The fourth-order valence-electron chi connectivity index (χ4n) is 1.56. The minimum atomic E-state index is -0.0505. The molecule has 1 heterocycles. The standard InChI is InChI=1S/C14H25N4O4/c1-3-14-12-18(17-16-14)5-7-21-9-11-22-10-8-20-6-4-15-13(2)19/h12H,1,3-11H2,2H3,(H,15,19). The van der Waals surface area contributed by atoms with Crippen LogP contribution in [-0.2, 0) is 32.0 Å². The molecule has 0 fully saturated rings. The summed E-state index contributed by atoms with van der Waals surface area (Å²) < 4.78 is 17.8. The Morgan fingerprint density at radius 3 is 2.41 bits per heavy atom. The molecule has 0 aromatic carbocycles. The normalized spacial score (nSPS) is 10.8. The van der Waals surface area contributed by atoms with E-state index < -0.39 is 0 Å². The van der Waals surface area contributed by atoms with E-state index in [0.717, 1.165) is 5.69 Å². The van der Waals surface area contributed by atoms with Crippen molar-refractivity contribution < 1.29 is 19.0 Å². The highest BCUT2D eigenvalue weighted by Gasteiger charge is 1.98. The number of aromatic nitrogens is 3. The molecule has 125 valence electrons. The largest absolute Gasteiger partial charge is 0.377 e. The molecule has 8 heteroatoms. The van der Waals surface area contributed by atoms with Crippen molar-refractivity contribution >= 4 is 5.91 Å². The van der Waals surface area contributed by atoms with Crippen LogP contribution in [0, 0.1) is 6.92 Å². The van der Waals surface area contributed by atoms with Gasteiger partial charge in [0, 0.05) is 19.7 Å². The molecule has 1 N–H and O–H groups in total. The van der Waals surface area contributed by atoms with E-state index >= 15 is 0 Å². The summed E-state index contributed by atoms with van der Waals surface area (Å²) in [6.45, 7) is 9.55. The molecule has 1 amide bonds. The van der Waals surface area contributed by atoms with Crippen LogP contribution in [0.4, 0.5) is 0 Å². The summed E-state index contributed by atoms with van der Waals surface area (Å²) in [6, 6.07) is 0. The predicted octanol–water partition coefficient (Wildman–Crippen LogP) is -0.159. The van der Waals surface area contributed by atoms with Gasteiger partial charge in [-0.15, -0.1) is 5.10 Å². The first kappa shape index (κ1) is 18.5. The van der Waals surface area contributed by atoms with Crippen molar-refractivity contribution in [3.05, 3.63) is 18.8 Å². The van der Waals surface area contributed by atoms with E-state index in [0.29, 0.717) is 59.2 Å². The zero-order chi connectivity index (χ0) is 16.0. The highest BCUT2D eigenvalue weighted by atomic mass is 16.5. The monoisotopic (exact) mass is 313 g/mol. The summed E-state index contributed by atoms with van der Waals surface area (Å²) in [4.78, 5) is 10.6. The fraction of sp³-hybridized carbons (Fsp3) is 0.714. The number of ether oxygens (including phenoxy) is 3. The van der Waals surface area contributed by atoms with Crippen molar-refractivity contribution in [3.8, 4) is 0 Å². The molecule has 0 spiro atoms. The third-order valence-corrected chi connectivity index (χ3v) is 2.67. The summed E-state index contributed by atoms with van der Waals surface area (Å²) in [5.41, 5.74) is 0.877. The van der Waals surface area contributed by atoms with Gasteiger partial charge in [-0.1, -0.05) is 5.21 Å². The Hall–Kier alpha value is -1.51. The molecule has 0 aliphatic carbocycles. The molecule has 0 unspecified atom stereocenters. The summed E-state index contributed by atoms with van der Waals surface area (Å²) in [5.74, 6) is -0.0505. The number of hydrogen-bond donors (Lipinski definition) is 1. The third-order valence-electron chi connectivity index (χ3n) is 2.67. The topological polar surface area (TPSA) is 87.5 Å². The Labute approximate surface area is 131 Å². The molecule has 1 aromatic heterocycles. The quantitative estimate of drug-likeness (QED) is 0.509. The minimum absolute atomic E-state index is 0.0505. The number of rotatable bonds is 13. The Kier molecular flexibility index (Phi) is 10.2. The second kappa shape index (κ2) is 12.1. The first-order chi connectivity index (χ1) is 10.7. The summed E-state index contributed by atoms with van der Waals surface area (Å²) in [7, 11) is 0. The SMILES string of the molecule is [CH2]Cc1cn(CCOCCOCCOCCNC(C)=O)nn1. The molecule has 1 rings (SSSR count). The summed E-state index contributed by atoms with van der Waals surface area (Å²) in [5, 5.41) is 10.6. The lowest BCUT2D eigenvalue weighted by molar-refractivity contribution is -0.119. The summed E-state index contributed by atoms with van der Waals surface area (Å²) in [6.07, 6.45) is 2.51. The second-order valence-corrected chi connectivity index (χ2v) is 4.54. The maximum atomic E-state index is 10.6. The number of carbonyl (C=O) groups is 1. The maximum absolute atomic E-state index is 10.6. The van der Waals surface area contributed by atoms with Crippen LogP contribution in [0.2, 0.25) is 0 Å². The van der Waals surface area contributed by atoms with Gasteiger partial charge in [-0.05, 0) is 13.3 Å². The molecule has 0 aliphatic heterocycles. The Balaban J connectivity index is 1.81. The molecule has 8 nitrogen and oxygen atoms in total. The molecule has 1 aromatic rings. The predicted molar refractivity (Wildman–Crippen MR) is 80.2 cm³/mol. The Bertz CT molecular complexity index is 411. The van der Waals surface area contributed by atoms with E-state index in [1.807, 2.05) is 6.20 Å². The van der Waals surface area contributed by atoms with Crippen LogP contribution in [0.25, 0.3) is 0 Å². The van der Waals surface area contributed by atoms with Crippen molar-refractivity contribution in [2.24, 2.45) is 0 Å². The van der Waals surface area contributed by atoms with Gasteiger partial charge >= 0.3 is 0 Å². The van der Waals surface area contributed by atoms with Gasteiger partial charge < -0.3 is 19.5 Å². The van der Waals surface area contributed by atoms with E-state index in [9.17, 15) is 4.79 Å². The van der Waals surface area contributed by atoms with Crippen molar-refractivity contribution in [1.29, 1.82) is 0 Å². The van der Waals surface area contributed by atoms with Gasteiger partial charge in [0.1, 0.15) is 0 Å². The van der Waals surface area contributed by atoms with Crippen molar-refractivity contribution in [1.82, 2.24) is 20.3 Å². The van der Waals surface area contributed by atoms with Gasteiger partial charge in [0.25, 0.3) is 0 Å². The molecule has 0 bridgehead atoms. The lowest BCUT2D eigenvalue weighted by Gasteiger charge is -2.07. The van der Waals surface area contributed by atoms with E-state index in [1.54, 1.807) is 4.68 Å². The highest BCUT2D eigenvalue weighted by Crippen LogP contribution is 1.93. The second-order valence-electron chi connectivity index (χ2n) is 4.54. The van der Waals surface area contributed by atoms with Gasteiger partial charge in [0.15, 0.2) is 0 Å². The molecule has 0 aliphatic rings. The van der Waals surface area contributed by atoms with Gasteiger partial charge in [0.05, 0.1) is 51.9 Å². The van der Waals surface area contributed by atoms with Crippen LogP contribution < -0.4 is 5.32 Å². The number of carbonyl (C=O) groups excluding carboxylic acids is 1. The van der Waals surface area contributed by atoms with Crippen molar-refractivity contribution in [2.75, 3.05) is 46.2 Å². The lowest BCUT2D eigenvalue weighted by Crippen LogP contribution is -2.25. The van der Waals surface area contributed by atoms with Crippen LogP contribution in [0.3, 0.4) is 0 Å². The van der Waals surface area contributed by atoms with Crippen molar-refractivity contribution in [2.45, 2.75) is 19.9 Å². The number of amides is 1. The molecule has 0 saturated carbocycles. The number of hydrogen-bond acceptors (Lipinski definition) is 6. The van der Waals surface area contributed by atoms with Crippen molar-refractivity contribution in [3.63, 3.8) is 0 Å². The van der Waals surface area contributed by atoms with Crippen LogP contribution in [0.1, 0.15) is 12.6 Å². The zero-order valence-electron chi connectivity index (χ0n) is 13.1. The molecule has 1 radical (unpaired) electrons. The van der Waals surface area contributed by atoms with Crippen LogP contribution in [-0.4, -0.2) is 67.1 Å². The lowest BCUT2D eigenvalue weighted by atomic mass is 10.4. The molecule has 22 heavy (non-hydrogen) atoms. The Morgan fingerprint density at radius 1 is 1.18 bits per heavy atom. The average molecular weight is 313 g/mol. The highest BCUT2D eigenvalue weighted by molar-refractivity contribution is 5.72. The molecule has 0 saturated heterocycles. The number of nitrogens with zero attached hydrogens (tertiary/aromatic N) is 3. The molecule has 0 atom stereocenters. The zero-order valence-corrected chi connectivity index (χ0v) is 13.1. The van der Waals surface area contributed by atoms with Crippen LogP contribution >= 0.6 is 0 Å². The maximum Gasteiger partial charge on any atom is 0.216 e. The first-order valence-corrected chi connectivity index (χ1v) is 7.38. The van der Waals surface area contributed by atoms with E-state index in [-0.39, 0.29) is 5.91 Å². The van der Waals surface area contributed by atoms with Gasteiger partial charge in [0.2, 0.25) is 5.91 Å². The first-order valence-electron chi connectivity index (χ1n) is 7.38. The van der Waals surface area contributed by atoms with Crippen LogP contribution in [0.5, 0.6) is 0 Å². The summed E-state index contributed by atoms with van der Waals surface area (Å²) >= 11 is 0. The third kappa shape index (κ3) is 9.43. The van der Waals surface area contributed by atoms with E-state index in [4.69, 9.17) is 14.2 Å². The van der Waals surface area contributed by atoms with E-state index in [1.165, 1.54) is 6.92 Å². The van der Waals surface area contributed by atoms with Gasteiger partial charge in [-0.2, -0.15) is 0 Å². The minimum Gasteiger partial charge on any atom is -0.377 e. The Morgan fingerprint density at radius 2 is 1.82 bits per heavy atom. The fourth-order valence-corrected chi connectivity index (χ4v) is 1.56. The van der Waals surface area contributed by atoms with Crippen LogP contribution in [0.15, 0.2) is 6.20 Å². The smallest absolute Gasteiger partial charge is 0.216 e. The molecular formula is C14H25N4O4. The van der Waals surface area contributed by atoms with Gasteiger partial charge in [-0.3, -0.25) is 4.79 Å². The van der Waals surface area contributed by atoms with Gasteiger partial charge in [-0.25, -0.2) is 4.68 Å². The molecular weight excluding hydrogens is 288 g/mol. The average Bonchev–Trinajstić information content (AvgIpc) is 2.96.